The minimum Gasteiger partial charge on any atom is -0.444 e. The molecule has 19 heavy (non-hydrogen) atoms. The predicted molar refractivity (Wildman–Crippen MR) is 80.3 cm³/mol. The van der Waals surface area contributed by atoms with Crippen LogP contribution in [0.15, 0.2) is 36.9 Å². The third-order valence-electron chi connectivity index (χ3n) is 2.42. The Morgan fingerprint density at radius 2 is 2.05 bits per heavy atom. The average molecular weight is 259 g/mol. The highest BCUT2D eigenvalue weighted by Crippen LogP contribution is 2.21. The second-order valence-electron chi connectivity index (χ2n) is 5.24. The maximum atomic E-state index is 11.7. The summed E-state index contributed by atoms with van der Waals surface area (Å²) in [4.78, 5) is 11.7. The van der Waals surface area contributed by atoms with E-state index in [-0.39, 0.29) is 0 Å². The lowest BCUT2D eigenvalue weighted by molar-refractivity contribution is 0.0636. The van der Waals surface area contributed by atoms with Crippen LogP contribution in [0.2, 0.25) is 0 Å². The van der Waals surface area contributed by atoms with Gasteiger partial charge in [0, 0.05) is 5.69 Å². The van der Waals surface area contributed by atoms with E-state index in [1.54, 1.807) is 6.08 Å². The van der Waals surface area contributed by atoms with Gasteiger partial charge in [-0.3, -0.25) is 5.32 Å². The van der Waals surface area contributed by atoms with Crippen molar-refractivity contribution in [3.63, 3.8) is 0 Å². The molecule has 3 heteroatoms. The number of hydrogen-bond donors (Lipinski definition) is 1. The van der Waals surface area contributed by atoms with Crippen molar-refractivity contribution in [3.8, 4) is 0 Å². The summed E-state index contributed by atoms with van der Waals surface area (Å²) in [5.74, 6) is 0. The molecule has 1 amide bonds. The van der Waals surface area contributed by atoms with Crippen molar-refractivity contribution in [1.82, 2.24) is 0 Å². The van der Waals surface area contributed by atoms with Crippen molar-refractivity contribution in [2.45, 2.75) is 33.3 Å². The first-order valence-electron chi connectivity index (χ1n) is 6.22. The Bertz CT molecular complexity index is 496. The molecule has 0 saturated carbocycles. The smallest absolute Gasteiger partial charge is 0.412 e. The molecule has 102 valence electrons. The number of amides is 1. The van der Waals surface area contributed by atoms with Crippen LogP contribution in [0.3, 0.4) is 0 Å². The Kier molecular flexibility index (Phi) is 4.93. The van der Waals surface area contributed by atoms with Crippen LogP contribution in [0.25, 0.3) is 6.08 Å². The third-order valence-corrected chi connectivity index (χ3v) is 2.42. The molecule has 0 saturated heterocycles. The van der Waals surface area contributed by atoms with E-state index in [9.17, 15) is 4.79 Å². The molecule has 1 aromatic rings. The largest absolute Gasteiger partial charge is 0.444 e. The topological polar surface area (TPSA) is 38.3 Å². The van der Waals surface area contributed by atoms with Crippen molar-refractivity contribution in [1.29, 1.82) is 0 Å². The van der Waals surface area contributed by atoms with Crippen LogP contribution < -0.4 is 5.32 Å². The molecule has 0 spiro atoms. The fraction of sp³-hybridized carbons (Fsp3) is 0.312. The van der Waals surface area contributed by atoms with Crippen LogP contribution in [0.4, 0.5) is 10.5 Å². The van der Waals surface area contributed by atoms with Crippen molar-refractivity contribution >= 4 is 17.9 Å². The summed E-state index contributed by atoms with van der Waals surface area (Å²) in [6, 6.07) is 5.72. The highest BCUT2D eigenvalue weighted by molar-refractivity contribution is 5.86. The lowest BCUT2D eigenvalue weighted by Crippen LogP contribution is -2.27. The summed E-state index contributed by atoms with van der Waals surface area (Å²) in [6.07, 6.45) is 5.08. The van der Waals surface area contributed by atoms with Crippen LogP contribution >= 0.6 is 0 Å². The fourth-order valence-corrected chi connectivity index (χ4v) is 1.55. The van der Waals surface area contributed by atoms with Crippen molar-refractivity contribution in [2.24, 2.45) is 0 Å². The highest BCUT2D eigenvalue weighted by atomic mass is 16.6. The maximum Gasteiger partial charge on any atom is 0.412 e. The zero-order valence-electron chi connectivity index (χ0n) is 12.0. The first kappa shape index (κ1) is 15.0. The quantitative estimate of drug-likeness (QED) is 0.809. The Morgan fingerprint density at radius 1 is 1.37 bits per heavy atom. The number of nitrogens with one attached hydrogen (secondary N) is 1. The fourth-order valence-electron chi connectivity index (χ4n) is 1.55. The van der Waals surface area contributed by atoms with Crippen molar-refractivity contribution < 1.29 is 9.53 Å². The minimum atomic E-state index is -0.502. The van der Waals surface area contributed by atoms with Gasteiger partial charge in [-0.25, -0.2) is 4.79 Å². The third kappa shape index (κ3) is 5.00. The molecular weight excluding hydrogens is 238 g/mol. The van der Waals surface area contributed by atoms with Crippen LogP contribution in [-0.2, 0) is 4.74 Å². The number of benzene rings is 1. The molecule has 0 radical (unpaired) electrons. The van der Waals surface area contributed by atoms with E-state index in [4.69, 9.17) is 4.74 Å². The molecule has 0 aliphatic rings. The van der Waals surface area contributed by atoms with E-state index in [0.29, 0.717) is 0 Å². The maximum absolute atomic E-state index is 11.7. The van der Waals surface area contributed by atoms with Gasteiger partial charge in [-0.1, -0.05) is 36.9 Å². The first-order chi connectivity index (χ1) is 8.83. The summed E-state index contributed by atoms with van der Waals surface area (Å²) in [7, 11) is 0. The number of rotatable bonds is 3. The Balaban J connectivity index is 2.87. The molecule has 0 aliphatic carbocycles. The Labute approximate surface area is 115 Å². The van der Waals surface area contributed by atoms with Crippen molar-refractivity contribution in [2.75, 3.05) is 5.32 Å². The van der Waals surface area contributed by atoms with Gasteiger partial charge in [0.05, 0.1) is 0 Å². The molecule has 0 bridgehead atoms. The van der Waals surface area contributed by atoms with Crippen LogP contribution in [0.1, 0.15) is 31.9 Å². The molecule has 1 N–H and O–H groups in total. The van der Waals surface area contributed by atoms with E-state index in [2.05, 4.69) is 11.9 Å². The molecule has 0 heterocycles. The zero-order valence-corrected chi connectivity index (χ0v) is 12.0. The van der Waals surface area contributed by atoms with Gasteiger partial charge in [0.1, 0.15) is 5.60 Å². The van der Waals surface area contributed by atoms with Crippen LogP contribution in [0, 0.1) is 6.92 Å². The Hall–Kier alpha value is -2.03. The number of ether oxygens (including phenoxy) is 1. The van der Waals surface area contributed by atoms with Crippen LogP contribution in [0.5, 0.6) is 0 Å². The monoisotopic (exact) mass is 259 g/mol. The van der Waals surface area contributed by atoms with E-state index in [1.165, 1.54) is 0 Å². The average Bonchev–Trinajstić information content (AvgIpc) is 2.28. The zero-order chi connectivity index (χ0) is 14.5. The lowest BCUT2D eigenvalue weighted by Gasteiger charge is -2.20. The second-order valence-corrected chi connectivity index (χ2v) is 5.24. The van der Waals surface area contributed by atoms with E-state index >= 15 is 0 Å². The number of allylic oxidation sites excluding steroid dienone is 2. The number of anilines is 1. The van der Waals surface area contributed by atoms with Crippen LogP contribution in [-0.4, -0.2) is 11.7 Å². The van der Waals surface area contributed by atoms with E-state index in [1.807, 2.05) is 58.0 Å². The summed E-state index contributed by atoms with van der Waals surface area (Å²) < 4.78 is 5.23. The molecule has 0 aromatic heterocycles. The molecular formula is C16H21NO2. The van der Waals surface area contributed by atoms with E-state index in [0.717, 1.165) is 16.8 Å². The highest BCUT2D eigenvalue weighted by Gasteiger charge is 2.16. The minimum absolute atomic E-state index is 0.444. The molecule has 0 aliphatic heterocycles. The number of hydrogen-bond acceptors (Lipinski definition) is 2. The summed E-state index contributed by atoms with van der Waals surface area (Å²) in [5.41, 5.74) is 2.28. The summed E-state index contributed by atoms with van der Waals surface area (Å²) in [5, 5.41) is 2.76. The molecule has 1 rings (SSSR count). The van der Waals surface area contributed by atoms with Gasteiger partial charge < -0.3 is 4.74 Å². The summed E-state index contributed by atoms with van der Waals surface area (Å²) in [6.45, 7) is 11.1. The van der Waals surface area contributed by atoms with Gasteiger partial charge in [-0.05, 0) is 44.9 Å². The van der Waals surface area contributed by atoms with Gasteiger partial charge in [-0.2, -0.15) is 0 Å². The molecule has 0 fully saturated rings. The number of carbonyl (C=O) groups excluding carboxylic acids is 1. The standard InChI is InChI=1S/C16H21NO2/c1-6-7-9-13-10-8-11-14(12(13)2)17-15(18)19-16(3,4)5/h6-11H,1H2,2-5H3,(H,17,18)/b9-7-. The molecule has 1 aromatic carbocycles. The molecule has 0 unspecified atom stereocenters. The Morgan fingerprint density at radius 3 is 2.63 bits per heavy atom. The van der Waals surface area contributed by atoms with Gasteiger partial charge in [0.25, 0.3) is 0 Å². The molecule has 0 atom stereocenters. The van der Waals surface area contributed by atoms with Gasteiger partial charge >= 0.3 is 6.09 Å². The van der Waals surface area contributed by atoms with E-state index < -0.39 is 11.7 Å². The van der Waals surface area contributed by atoms with Gasteiger partial charge in [0.15, 0.2) is 0 Å². The van der Waals surface area contributed by atoms with Crippen molar-refractivity contribution in [3.05, 3.63) is 48.1 Å². The number of carbonyl (C=O) groups is 1. The summed E-state index contributed by atoms with van der Waals surface area (Å²) >= 11 is 0. The normalized spacial score (nSPS) is 11.4. The van der Waals surface area contributed by atoms with Gasteiger partial charge in [0.2, 0.25) is 0 Å². The SMILES string of the molecule is C=C/C=C\c1cccc(NC(=O)OC(C)(C)C)c1C. The second kappa shape index (κ2) is 6.23. The molecule has 3 nitrogen and oxygen atoms in total. The first-order valence-corrected chi connectivity index (χ1v) is 6.22. The predicted octanol–water partition coefficient (Wildman–Crippen LogP) is 4.54. The lowest BCUT2D eigenvalue weighted by atomic mass is 10.1. The van der Waals surface area contributed by atoms with Gasteiger partial charge in [-0.15, -0.1) is 0 Å².